The highest BCUT2D eigenvalue weighted by molar-refractivity contribution is 5.92. The number of hydrogen-bond acceptors (Lipinski definition) is 4. The lowest BCUT2D eigenvalue weighted by molar-refractivity contribution is 0.0923. The predicted octanol–water partition coefficient (Wildman–Crippen LogP) is 3.71. The molecule has 2 aromatic carbocycles. The number of hydrogen-bond donors (Lipinski definition) is 2. The van der Waals surface area contributed by atoms with Crippen LogP contribution in [0.15, 0.2) is 71.3 Å². The van der Waals surface area contributed by atoms with E-state index >= 15 is 0 Å². The third-order valence-corrected chi connectivity index (χ3v) is 4.18. The summed E-state index contributed by atoms with van der Waals surface area (Å²) in [5.41, 5.74) is 2.62. The maximum absolute atomic E-state index is 12.4. The molecule has 0 saturated carbocycles. The second-order valence-electron chi connectivity index (χ2n) is 6.08. The first-order valence-corrected chi connectivity index (χ1v) is 8.75. The topological polar surface area (TPSA) is 80.2 Å². The van der Waals surface area contributed by atoms with Crippen LogP contribution in [0.2, 0.25) is 0 Å². The molecule has 4 rings (SSSR count). The molecule has 0 fully saturated rings. The van der Waals surface area contributed by atoms with Crippen LogP contribution in [0.25, 0.3) is 11.0 Å². The number of ether oxygens (including phenoxy) is 1. The Balaban J connectivity index is 1.32. The second kappa shape index (κ2) is 7.78. The Morgan fingerprint density at radius 3 is 2.74 bits per heavy atom. The smallest absolute Gasteiger partial charge is 0.287 e. The van der Waals surface area contributed by atoms with Crippen LogP contribution in [0.3, 0.4) is 0 Å². The van der Waals surface area contributed by atoms with Crippen LogP contribution < -0.4 is 10.1 Å². The van der Waals surface area contributed by atoms with Gasteiger partial charge in [-0.2, -0.15) is 0 Å². The van der Waals surface area contributed by atoms with Crippen LogP contribution in [-0.4, -0.2) is 22.4 Å². The number of carbonyl (C=O) groups is 1. The average molecular weight is 361 g/mol. The minimum atomic E-state index is -0.261. The van der Waals surface area contributed by atoms with E-state index in [1.807, 2.05) is 54.6 Å². The van der Waals surface area contributed by atoms with Crippen molar-refractivity contribution in [3.8, 4) is 5.75 Å². The zero-order valence-electron chi connectivity index (χ0n) is 14.6. The number of benzene rings is 2. The van der Waals surface area contributed by atoms with Gasteiger partial charge in [-0.05, 0) is 30.3 Å². The molecule has 27 heavy (non-hydrogen) atoms. The Hall–Kier alpha value is -3.54. The molecule has 0 unspecified atom stereocenters. The Bertz CT molecular complexity index is 1000. The van der Waals surface area contributed by atoms with Gasteiger partial charge in [0, 0.05) is 18.5 Å². The van der Waals surface area contributed by atoms with Crippen molar-refractivity contribution in [2.24, 2.45) is 0 Å². The molecule has 0 aliphatic carbocycles. The molecular formula is C21H19N3O3. The first kappa shape index (κ1) is 16.9. The molecule has 0 bridgehead atoms. The van der Waals surface area contributed by atoms with E-state index < -0.39 is 0 Å². The van der Waals surface area contributed by atoms with Crippen molar-refractivity contribution in [3.05, 3.63) is 84.1 Å². The number of imidazole rings is 1. The highest BCUT2D eigenvalue weighted by atomic mass is 16.5. The predicted molar refractivity (Wildman–Crippen MR) is 102 cm³/mol. The van der Waals surface area contributed by atoms with Crippen LogP contribution in [0.1, 0.15) is 21.9 Å². The summed E-state index contributed by atoms with van der Waals surface area (Å²) in [7, 11) is 0. The number of aromatic nitrogens is 2. The van der Waals surface area contributed by atoms with Crippen molar-refractivity contribution in [2.45, 2.75) is 13.0 Å². The van der Waals surface area contributed by atoms with E-state index in [-0.39, 0.29) is 18.3 Å². The minimum absolute atomic E-state index is 0.261. The lowest BCUT2D eigenvalue weighted by Gasteiger charge is -2.07. The van der Waals surface area contributed by atoms with E-state index in [2.05, 4.69) is 15.3 Å². The summed E-state index contributed by atoms with van der Waals surface area (Å²) in [5.74, 6) is 1.59. The van der Waals surface area contributed by atoms with Gasteiger partial charge >= 0.3 is 0 Å². The molecule has 2 N–H and O–H groups in total. The van der Waals surface area contributed by atoms with E-state index in [0.29, 0.717) is 18.5 Å². The van der Waals surface area contributed by atoms with E-state index in [9.17, 15) is 4.79 Å². The van der Waals surface area contributed by atoms with Crippen LogP contribution in [0.4, 0.5) is 0 Å². The maximum atomic E-state index is 12.4. The van der Waals surface area contributed by atoms with Gasteiger partial charge in [0.25, 0.3) is 5.91 Å². The molecule has 0 saturated heterocycles. The van der Waals surface area contributed by atoms with Crippen LogP contribution in [0, 0.1) is 0 Å². The van der Waals surface area contributed by atoms with Gasteiger partial charge in [0.2, 0.25) is 0 Å². The molecule has 0 atom stereocenters. The lowest BCUT2D eigenvalue weighted by atomic mass is 10.2. The fourth-order valence-electron chi connectivity index (χ4n) is 2.83. The molecule has 2 aromatic heterocycles. The molecule has 136 valence electrons. The van der Waals surface area contributed by atoms with Gasteiger partial charge in [0.1, 0.15) is 18.2 Å². The highest BCUT2D eigenvalue weighted by Crippen LogP contribution is 2.16. The van der Waals surface area contributed by atoms with Crippen molar-refractivity contribution in [1.29, 1.82) is 0 Å². The van der Waals surface area contributed by atoms with Gasteiger partial charge in [-0.15, -0.1) is 0 Å². The lowest BCUT2D eigenvalue weighted by Crippen LogP contribution is -2.26. The Kier molecular flexibility index (Phi) is 4.87. The molecule has 6 nitrogen and oxygen atoms in total. The summed E-state index contributed by atoms with van der Waals surface area (Å²) in [6.45, 7) is 0.727. The Morgan fingerprint density at radius 1 is 1.07 bits per heavy atom. The number of fused-ring (bicyclic) bond motifs is 1. The summed E-state index contributed by atoms with van der Waals surface area (Å²) < 4.78 is 11.0. The quantitative estimate of drug-likeness (QED) is 0.526. The molecule has 2 heterocycles. The molecule has 0 aliphatic rings. The Labute approximate surface area is 156 Å². The van der Waals surface area contributed by atoms with Gasteiger partial charge in [-0.25, -0.2) is 4.98 Å². The fourth-order valence-corrected chi connectivity index (χ4v) is 2.83. The molecule has 0 radical (unpaired) electrons. The van der Waals surface area contributed by atoms with E-state index in [4.69, 9.17) is 9.15 Å². The van der Waals surface area contributed by atoms with Gasteiger partial charge < -0.3 is 19.5 Å². The standard InChI is InChI=1S/C21H19N3O3/c25-21(22-12-10-19-23-17-8-4-5-9-18(17)24-19)20-15(11-13-26-20)14-27-16-6-2-1-3-7-16/h1-9,11,13H,10,12,14H2,(H,22,25)(H,23,24). The summed E-state index contributed by atoms with van der Waals surface area (Å²) in [6, 6.07) is 19.0. The van der Waals surface area contributed by atoms with E-state index in [0.717, 1.165) is 22.6 Å². The molecule has 6 heteroatoms. The highest BCUT2D eigenvalue weighted by Gasteiger charge is 2.15. The van der Waals surface area contributed by atoms with Gasteiger partial charge in [-0.1, -0.05) is 30.3 Å². The van der Waals surface area contributed by atoms with Crippen molar-refractivity contribution in [2.75, 3.05) is 6.54 Å². The normalized spacial score (nSPS) is 10.8. The maximum Gasteiger partial charge on any atom is 0.287 e. The second-order valence-corrected chi connectivity index (χ2v) is 6.08. The first-order valence-electron chi connectivity index (χ1n) is 8.75. The number of nitrogens with one attached hydrogen (secondary N) is 2. The van der Waals surface area contributed by atoms with Crippen LogP contribution in [0.5, 0.6) is 5.75 Å². The SMILES string of the molecule is O=C(NCCc1nc2ccccc2[nH]1)c1occc1COc1ccccc1. The summed E-state index contributed by atoms with van der Waals surface area (Å²) >= 11 is 0. The van der Waals surface area contributed by atoms with Gasteiger partial charge in [-0.3, -0.25) is 4.79 Å². The van der Waals surface area contributed by atoms with Crippen LogP contribution in [-0.2, 0) is 13.0 Å². The number of rotatable bonds is 7. The van der Waals surface area contributed by atoms with Crippen molar-refractivity contribution in [3.63, 3.8) is 0 Å². The van der Waals surface area contributed by atoms with Crippen molar-refractivity contribution in [1.82, 2.24) is 15.3 Å². The number of carbonyl (C=O) groups excluding carboxylic acids is 1. The summed E-state index contributed by atoms with van der Waals surface area (Å²) in [4.78, 5) is 20.2. The minimum Gasteiger partial charge on any atom is -0.489 e. The molecule has 0 aliphatic heterocycles. The fraction of sp³-hybridized carbons (Fsp3) is 0.143. The number of H-pyrrole nitrogens is 1. The van der Waals surface area contributed by atoms with Gasteiger partial charge in [0.15, 0.2) is 5.76 Å². The number of amides is 1. The molecule has 0 spiro atoms. The van der Waals surface area contributed by atoms with Crippen molar-refractivity contribution < 1.29 is 13.9 Å². The molecule has 4 aromatic rings. The number of para-hydroxylation sites is 3. The Morgan fingerprint density at radius 2 is 1.89 bits per heavy atom. The van der Waals surface area contributed by atoms with E-state index in [1.165, 1.54) is 6.26 Å². The first-order chi connectivity index (χ1) is 13.3. The summed E-state index contributed by atoms with van der Waals surface area (Å²) in [6.07, 6.45) is 2.11. The number of furan rings is 1. The third kappa shape index (κ3) is 4.00. The number of nitrogens with zero attached hydrogens (tertiary/aromatic N) is 1. The monoisotopic (exact) mass is 361 g/mol. The van der Waals surface area contributed by atoms with Gasteiger partial charge in [0.05, 0.1) is 17.3 Å². The number of aromatic amines is 1. The van der Waals surface area contributed by atoms with Crippen LogP contribution >= 0.6 is 0 Å². The zero-order chi connectivity index (χ0) is 18.5. The average Bonchev–Trinajstić information content (AvgIpc) is 3.33. The zero-order valence-corrected chi connectivity index (χ0v) is 14.6. The van der Waals surface area contributed by atoms with E-state index in [1.54, 1.807) is 6.07 Å². The van der Waals surface area contributed by atoms with Crippen molar-refractivity contribution >= 4 is 16.9 Å². The molecular weight excluding hydrogens is 342 g/mol. The largest absolute Gasteiger partial charge is 0.489 e. The summed E-state index contributed by atoms with van der Waals surface area (Å²) in [5, 5.41) is 2.87. The third-order valence-electron chi connectivity index (χ3n) is 4.18. The molecule has 1 amide bonds.